The van der Waals surface area contributed by atoms with Crippen LogP contribution in [-0.4, -0.2) is 11.4 Å². The van der Waals surface area contributed by atoms with E-state index in [9.17, 15) is 4.79 Å². The SMILES string of the molecule is CC1(CC2CC2)CC(=O)c2ccccc2O1. The minimum Gasteiger partial charge on any atom is -0.486 e. The van der Waals surface area contributed by atoms with Crippen molar-refractivity contribution in [3.8, 4) is 5.75 Å². The Balaban J connectivity index is 1.90. The lowest BCUT2D eigenvalue weighted by molar-refractivity contribution is 0.0435. The van der Waals surface area contributed by atoms with Crippen molar-refractivity contribution in [3.05, 3.63) is 29.8 Å². The van der Waals surface area contributed by atoms with Gasteiger partial charge in [-0.2, -0.15) is 0 Å². The molecule has 3 rings (SSSR count). The molecule has 1 unspecified atom stereocenters. The second kappa shape index (κ2) is 3.34. The van der Waals surface area contributed by atoms with E-state index < -0.39 is 0 Å². The molecule has 0 spiro atoms. The van der Waals surface area contributed by atoms with Crippen LogP contribution in [0.15, 0.2) is 24.3 Å². The lowest BCUT2D eigenvalue weighted by atomic mass is 9.87. The molecule has 0 amide bonds. The Bertz CT molecular complexity index is 434. The molecule has 1 aliphatic heterocycles. The van der Waals surface area contributed by atoms with Crippen molar-refractivity contribution in [1.82, 2.24) is 0 Å². The van der Waals surface area contributed by atoms with E-state index in [1.54, 1.807) is 0 Å². The Morgan fingerprint density at radius 2 is 2.12 bits per heavy atom. The van der Waals surface area contributed by atoms with Gasteiger partial charge >= 0.3 is 0 Å². The third-order valence-electron chi connectivity index (χ3n) is 3.50. The standard InChI is InChI=1S/C14H16O2/c1-14(8-10-6-7-10)9-12(15)11-4-2-3-5-13(11)16-14/h2-5,10H,6-9H2,1H3. The van der Waals surface area contributed by atoms with Gasteiger partial charge in [0, 0.05) is 0 Å². The molecule has 1 aliphatic carbocycles. The van der Waals surface area contributed by atoms with E-state index in [1.807, 2.05) is 24.3 Å². The fraction of sp³-hybridized carbons (Fsp3) is 0.500. The summed E-state index contributed by atoms with van der Waals surface area (Å²) < 4.78 is 6.02. The molecule has 1 fully saturated rings. The van der Waals surface area contributed by atoms with Crippen LogP contribution in [0.5, 0.6) is 5.75 Å². The summed E-state index contributed by atoms with van der Waals surface area (Å²) in [5.74, 6) is 1.77. The molecule has 0 N–H and O–H groups in total. The molecule has 1 aromatic carbocycles. The number of ether oxygens (including phenoxy) is 1. The maximum atomic E-state index is 12.0. The van der Waals surface area contributed by atoms with Gasteiger partial charge in [-0.25, -0.2) is 0 Å². The van der Waals surface area contributed by atoms with E-state index in [-0.39, 0.29) is 11.4 Å². The topological polar surface area (TPSA) is 26.3 Å². The summed E-state index contributed by atoms with van der Waals surface area (Å²) in [7, 11) is 0. The van der Waals surface area contributed by atoms with Crippen molar-refractivity contribution >= 4 is 5.78 Å². The minimum atomic E-state index is -0.271. The Hall–Kier alpha value is -1.31. The van der Waals surface area contributed by atoms with Gasteiger partial charge in [0.2, 0.25) is 0 Å². The molecule has 1 aromatic rings. The minimum absolute atomic E-state index is 0.227. The van der Waals surface area contributed by atoms with Gasteiger partial charge in [-0.3, -0.25) is 4.79 Å². The van der Waals surface area contributed by atoms with Crippen LogP contribution >= 0.6 is 0 Å². The number of para-hydroxylation sites is 1. The lowest BCUT2D eigenvalue weighted by Gasteiger charge is -2.35. The number of Topliss-reactive ketones (excluding diaryl/α,β-unsaturated/α-hetero) is 1. The van der Waals surface area contributed by atoms with Gasteiger partial charge in [-0.15, -0.1) is 0 Å². The van der Waals surface area contributed by atoms with Gasteiger partial charge < -0.3 is 4.74 Å². The molecule has 0 saturated heterocycles. The highest BCUT2D eigenvalue weighted by molar-refractivity contribution is 6.00. The summed E-state index contributed by atoms with van der Waals surface area (Å²) in [5, 5.41) is 0. The predicted molar refractivity (Wildman–Crippen MR) is 61.8 cm³/mol. The highest BCUT2D eigenvalue weighted by Crippen LogP contribution is 2.42. The molecule has 16 heavy (non-hydrogen) atoms. The molecular weight excluding hydrogens is 200 g/mol. The Morgan fingerprint density at radius 1 is 1.38 bits per heavy atom. The van der Waals surface area contributed by atoms with Crippen LogP contribution in [0.3, 0.4) is 0 Å². The lowest BCUT2D eigenvalue weighted by Crippen LogP contribution is -2.39. The third kappa shape index (κ3) is 1.73. The molecule has 1 saturated carbocycles. The van der Waals surface area contributed by atoms with E-state index in [0.29, 0.717) is 6.42 Å². The van der Waals surface area contributed by atoms with Crippen molar-refractivity contribution in [2.75, 3.05) is 0 Å². The molecule has 2 aliphatic rings. The fourth-order valence-corrected chi connectivity index (χ4v) is 2.57. The van der Waals surface area contributed by atoms with Crippen LogP contribution < -0.4 is 4.74 Å². The summed E-state index contributed by atoms with van der Waals surface area (Å²) in [4.78, 5) is 12.0. The van der Waals surface area contributed by atoms with Crippen molar-refractivity contribution in [2.24, 2.45) is 5.92 Å². The summed E-state index contributed by atoms with van der Waals surface area (Å²) in [6.07, 6.45) is 4.15. The molecule has 0 bridgehead atoms. The van der Waals surface area contributed by atoms with Crippen LogP contribution in [0, 0.1) is 5.92 Å². The highest BCUT2D eigenvalue weighted by Gasteiger charge is 2.40. The quantitative estimate of drug-likeness (QED) is 0.758. The number of rotatable bonds is 2. The maximum absolute atomic E-state index is 12.0. The van der Waals surface area contributed by atoms with Gasteiger partial charge in [0.05, 0.1) is 12.0 Å². The smallest absolute Gasteiger partial charge is 0.170 e. The van der Waals surface area contributed by atoms with Crippen LogP contribution in [0.1, 0.15) is 43.0 Å². The average Bonchev–Trinajstić information content (AvgIpc) is 3.00. The van der Waals surface area contributed by atoms with E-state index in [0.717, 1.165) is 23.7 Å². The maximum Gasteiger partial charge on any atom is 0.170 e. The summed E-state index contributed by atoms with van der Waals surface area (Å²) in [5.41, 5.74) is 0.475. The first-order valence-corrected chi connectivity index (χ1v) is 5.98. The summed E-state index contributed by atoms with van der Waals surface area (Å²) >= 11 is 0. The van der Waals surface area contributed by atoms with Crippen LogP contribution in [0.4, 0.5) is 0 Å². The van der Waals surface area contributed by atoms with Crippen molar-refractivity contribution in [2.45, 2.75) is 38.2 Å². The zero-order valence-corrected chi connectivity index (χ0v) is 9.53. The zero-order valence-electron chi connectivity index (χ0n) is 9.53. The first kappa shape index (κ1) is 9.88. The summed E-state index contributed by atoms with van der Waals surface area (Å²) in [6, 6.07) is 7.57. The number of carbonyl (C=O) groups is 1. The number of hydrogen-bond donors (Lipinski definition) is 0. The number of carbonyl (C=O) groups excluding carboxylic acids is 1. The number of benzene rings is 1. The molecule has 0 radical (unpaired) electrons. The van der Waals surface area contributed by atoms with Crippen molar-refractivity contribution in [3.63, 3.8) is 0 Å². The number of fused-ring (bicyclic) bond motifs is 1. The van der Waals surface area contributed by atoms with Gasteiger partial charge in [0.15, 0.2) is 5.78 Å². The van der Waals surface area contributed by atoms with E-state index in [2.05, 4.69) is 6.92 Å². The van der Waals surface area contributed by atoms with Gasteiger partial charge in [-0.1, -0.05) is 25.0 Å². The number of hydrogen-bond acceptors (Lipinski definition) is 2. The molecule has 1 heterocycles. The zero-order chi connectivity index (χ0) is 11.2. The molecule has 0 aromatic heterocycles. The Kier molecular flexibility index (Phi) is 2.06. The van der Waals surface area contributed by atoms with Crippen molar-refractivity contribution < 1.29 is 9.53 Å². The number of ketones is 1. The second-order valence-corrected chi connectivity index (χ2v) is 5.30. The van der Waals surface area contributed by atoms with E-state index >= 15 is 0 Å². The normalized spacial score (nSPS) is 28.4. The average molecular weight is 216 g/mol. The molecule has 84 valence electrons. The second-order valence-electron chi connectivity index (χ2n) is 5.30. The molecule has 2 nitrogen and oxygen atoms in total. The molecule has 1 atom stereocenters. The van der Waals surface area contributed by atoms with Crippen LogP contribution in [0.2, 0.25) is 0 Å². The van der Waals surface area contributed by atoms with Gasteiger partial charge in [0.1, 0.15) is 11.4 Å². The predicted octanol–water partition coefficient (Wildman–Crippen LogP) is 3.21. The highest BCUT2D eigenvalue weighted by atomic mass is 16.5. The van der Waals surface area contributed by atoms with E-state index in [4.69, 9.17) is 4.74 Å². The Morgan fingerprint density at radius 3 is 2.88 bits per heavy atom. The van der Waals surface area contributed by atoms with Gasteiger partial charge in [0.25, 0.3) is 0 Å². The first-order valence-electron chi connectivity index (χ1n) is 5.98. The summed E-state index contributed by atoms with van der Waals surface area (Å²) in [6.45, 7) is 2.07. The Labute approximate surface area is 95.6 Å². The first-order chi connectivity index (χ1) is 7.66. The van der Waals surface area contributed by atoms with Crippen LogP contribution in [0.25, 0.3) is 0 Å². The van der Waals surface area contributed by atoms with Gasteiger partial charge in [-0.05, 0) is 31.4 Å². The van der Waals surface area contributed by atoms with E-state index in [1.165, 1.54) is 12.8 Å². The van der Waals surface area contributed by atoms with Crippen LogP contribution in [-0.2, 0) is 0 Å². The molecule has 2 heteroatoms. The third-order valence-corrected chi connectivity index (χ3v) is 3.50. The fourth-order valence-electron chi connectivity index (χ4n) is 2.57. The largest absolute Gasteiger partial charge is 0.486 e. The van der Waals surface area contributed by atoms with Crippen molar-refractivity contribution in [1.29, 1.82) is 0 Å². The molecular formula is C14H16O2. The monoisotopic (exact) mass is 216 g/mol.